The number of carboxylic acid groups (broad SMARTS) is 1. The summed E-state index contributed by atoms with van der Waals surface area (Å²) in [5.41, 5.74) is 2.09. The molecule has 2 rings (SSSR count). The third kappa shape index (κ3) is 0.906. The molecule has 12 heavy (non-hydrogen) atoms. The first kappa shape index (κ1) is 7.03. The largest absolute Gasteiger partial charge is 0.478 e. The lowest BCUT2D eigenvalue weighted by atomic mass is 10.0. The van der Waals surface area contributed by atoms with Crippen molar-refractivity contribution in [1.82, 2.24) is 0 Å². The smallest absolute Gasteiger partial charge is 0.337 e. The van der Waals surface area contributed by atoms with Crippen LogP contribution in [0.15, 0.2) is 39.9 Å². The third-order valence-corrected chi connectivity index (χ3v) is 1.91. The van der Waals surface area contributed by atoms with Gasteiger partial charge in [0.2, 0.25) is 0 Å². The van der Waals surface area contributed by atoms with Crippen LogP contribution >= 0.6 is 0 Å². The van der Waals surface area contributed by atoms with E-state index in [1.165, 1.54) is 6.21 Å². The summed E-state index contributed by atoms with van der Waals surface area (Å²) in [5.74, 6) is -0.911. The van der Waals surface area contributed by atoms with E-state index in [4.69, 9.17) is 5.11 Å². The van der Waals surface area contributed by atoms with Gasteiger partial charge in [0, 0.05) is 6.21 Å². The van der Waals surface area contributed by atoms with Crippen LogP contribution in [-0.2, 0) is 4.79 Å². The van der Waals surface area contributed by atoms with E-state index in [9.17, 15) is 4.79 Å². The lowest BCUT2D eigenvalue weighted by molar-refractivity contribution is -0.132. The highest BCUT2D eigenvalue weighted by Crippen LogP contribution is 2.24. The van der Waals surface area contributed by atoms with Gasteiger partial charge in [0.15, 0.2) is 0 Å². The van der Waals surface area contributed by atoms with E-state index in [-0.39, 0.29) is 0 Å². The van der Waals surface area contributed by atoms with Gasteiger partial charge in [0.05, 0.1) is 12.1 Å². The van der Waals surface area contributed by atoms with Crippen molar-refractivity contribution in [1.29, 1.82) is 0 Å². The molecule has 0 saturated carbocycles. The van der Waals surface area contributed by atoms with Crippen molar-refractivity contribution in [3.05, 3.63) is 34.9 Å². The van der Waals surface area contributed by atoms with E-state index in [1.807, 2.05) is 18.2 Å². The van der Waals surface area contributed by atoms with E-state index in [0.29, 0.717) is 12.1 Å². The summed E-state index contributed by atoms with van der Waals surface area (Å²) in [4.78, 5) is 14.6. The zero-order valence-electron chi connectivity index (χ0n) is 6.32. The molecule has 1 N–H and O–H groups in total. The number of rotatable bonds is 1. The van der Waals surface area contributed by atoms with Crippen LogP contribution in [0.3, 0.4) is 0 Å². The number of nitrogens with zero attached hydrogens (tertiary/aromatic N) is 1. The van der Waals surface area contributed by atoms with Crippen LogP contribution < -0.4 is 0 Å². The highest BCUT2D eigenvalue weighted by atomic mass is 16.4. The van der Waals surface area contributed by atoms with Gasteiger partial charge in [-0.15, -0.1) is 0 Å². The monoisotopic (exact) mass is 161 g/mol. The highest BCUT2D eigenvalue weighted by molar-refractivity contribution is 6.11. The summed E-state index contributed by atoms with van der Waals surface area (Å²) in [6.07, 6.45) is 6.98. The molecule has 0 aromatic heterocycles. The Labute approximate surface area is 69.4 Å². The maximum absolute atomic E-state index is 10.7. The van der Waals surface area contributed by atoms with Gasteiger partial charge in [-0.1, -0.05) is 18.2 Å². The summed E-state index contributed by atoms with van der Waals surface area (Å²) < 4.78 is 0. The predicted octanol–water partition coefficient (Wildman–Crippen LogP) is 0.948. The molecule has 0 bridgehead atoms. The van der Waals surface area contributed by atoms with Crippen molar-refractivity contribution in [2.45, 2.75) is 0 Å². The summed E-state index contributed by atoms with van der Waals surface area (Å²) >= 11 is 0. The number of carboxylic acids is 1. The zero-order valence-corrected chi connectivity index (χ0v) is 6.32. The van der Waals surface area contributed by atoms with Crippen LogP contribution in [0.25, 0.3) is 0 Å². The average molecular weight is 161 g/mol. The van der Waals surface area contributed by atoms with Crippen LogP contribution in [0.1, 0.15) is 0 Å². The fraction of sp³-hybridized carbons (Fsp3) is 0.111. The van der Waals surface area contributed by atoms with Crippen LogP contribution in [0.5, 0.6) is 0 Å². The summed E-state index contributed by atoms with van der Waals surface area (Å²) in [7, 11) is 0. The predicted molar refractivity (Wildman–Crippen MR) is 45.2 cm³/mol. The average Bonchev–Trinajstić information content (AvgIpc) is 2.49. The lowest BCUT2D eigenvalue weighted by Gasteiger charge is -2.09. The Morgan fingerprint density at radius 2 is 2.42 bits per heavy atom. The lowest BCUT2D eigenvalue weighted by Crippen LogP contribution is -2.10. The molecule has 0 unspecified atom stereocenters. The Morgan fingerprint density at radius 1 is 1.58 bits per heavy atom. The number of aliphatic imine (C=N–C) groups is 1. The topological polar surface area (TPSA) is 49.7 Å². The Bertz CT molecular complexity index is 359. The van der Waals surface area contributed by atoms with E-state index in [0.717, 1.165) is 11.1 Å². The normalized spacial score (nSPS) is 19.5. The molecule has 0 radical (unpaired) electrons. The molecule has 0 atom stereocenters. The molecule has 3 heteroatoms. The summed E-state index contributed by atoms with van der Waals surface area (Å²) in [6, 6.07) is 0. The zero-order chi connectivity index (χ0) is 8.55. The third-order valence-electron chi connectivity index (χ3n) is 1.91. The van der Waals surface area contributed by atoms with Crippen LogP contribution in [-0.4, -0.2) is 23.8 Å². The maximum atomic E-state index is 10.7. The Balaban J connectivity index is 2.53. The molecule has 2 aliphatic rings. The first-order chi connectivity index (χ1) is 5.79. The second kappa shape index (κ2) is 2.44. The van der Waals surface area contributed by atoms with E-state index in [1.54, 1.807) is 0 Å². The minimum atomic E-state index is -0.911. The van der Waals surface area contributed by atoms with Crippen molar-refractivity contribution < 1.29 is 9.90 Å². The SMILES string of the molecule is O=C(O)C1=C2C=CC=C2CN=C1. The van der Waals surface area contributed by atoms with Crippen LogP contribution in [0.4, 0.5) is 0 Å². The van der Waals surface area contributed by atoms with Gasteiger partial charge in [-0.05, 0) is 11.1 Å². The number of dihydropyridines is 1. The van der Waals surface area contributed by atoms with E-state index < -0.39 is 5.97 Å². The van der Waals surface area contributed by atoms with Crippen molar-refractivity contribution >= 4 is 12.2 Å². The van der Waals surface area contributed by atoms with Crippen molar-refractivity contribution in [3.63, 3.8) is 0 Å². The first-order valence-corrected chi connectivity index (χ1v) is 3.64. The second-order valence-electron chi connectivity index (χ2n) is 2.65. The number of hydrogen-bond donors (Lipinski definition) is 1. The molecular formula is C9H7NO2. The van der Waals surface area contributed by atoms with Crippen molar-refractivity contribution in [2.75, 3.05) is 6.54 Å². The van der Waals surface area contributed by atoms with Crippen LogP contribution in [0, 0.1) is 0 Å². The molecule has 0 aromatic carbocycles. The van der Waals surface area contributed by atoms with Crippen molar-refractivity contribution in [2.24, 2.45) is 4.99 Å². The minimum absolute atomic E-state index is 0.293. The number of hydrogen-bond acceptors (Lipinski definition) is 2. The Morgan fingerprint density at radius 3 is 3.17 bits per heavy atom. The molecule has 0 aromatic rings. The van der Waals surface area contributed by atoms with Gasteiger partial charge in [-0.25, -0.2) is 4.79 Å². The summed E-state index contributed by atoms with van der Waals surface area (Å²) in [6.45, 7) is 0.596. The van der Waals surface area contributed by atoms with Gasteiger partial charge in [-0.2, -0.15) is 0 Å². The molecule has 0 spiro atoms. The molecule has 1 heterocycles. The first-order valence-electron chi connectivity index (χ1n) is 3.64. The van der Waals surface area contributed by atoms with Gasteiger partial charge in [0.1, 0.15) is 0 Å². The molecule has 0 amide bonds. The maximum Gasteiger partial charge on any atom is 0.337 e. The Hall–Kier alpha value is -1.64. The van der Waals surface area contributed by atoms with Gasteiger partial charge >= 0.3 is 5.97 Å². The molecule has 0 fully saturated rings. The van der Waals surface area contributed by atoms with E-state index >= 15 is 0 Å². The van der Waals surface area contributed by atoms with Gasteiger partial charge in [0.25, 0.3) is 0 Å². The Kier molecular flexibility index (Phi) is 1.43. The number of allylic oxidation sites excluding steroid dienone is 3. The molecule has 0 saturated heterocycles. The summed E-state index contributed by atoms with van der Waals surface area (Å²) in [5, 5.41) is 8.78. The second-order valence-corrected chi connectivity index (χ2v) is 2.65. The quantitative estimate of drug-likeness (QED) is 0.622. The number of fused-ring (bicyclic) bond motifs is 1. The van der Waals surface area contributed by atoms with Crippen LogP contribution in [0.2, 0.25) is 0 Å². The standard InChI is InChI=1S/C9H7NO2/c11-9(12)8-5-10-4-6-2-1-3-7(6)8/h1-3,5H,4H2,(H,11,12). The molecule has 1 aliphatic heterocycles. The van der Waals surface area contributed by atoms with Gasteiger partial charge < -0.3 is 5.11 Å². The highest BCUT2D eigenvalue weighted by Gasteiger charge is 2.18. The molecular weight excluding hydrogens is 154 g/mol. The van der Waals surface area contributed by atoms with Gasteiger partial charge in [-0.3, -0.25) is 4.99 Å². The fourth-order valence-electron chi connectivity index (χ4n) is 1.33. The molecule has 1 aliphatic carbocycles. The van der Waals surface area contributed by atoms with Crippen molar-refractivity contribution in [3.8, 4) is 0 Å². The number of aliphatic carboxylic acids is 1. The number of carbonyl (C=O) groups is 1. The minimum Gasteiger partial charge on any atom is -0.478 e. The fourth-order valence-corrected chi connectivity index (χ4v) is 1.33. The molecule has 60 valence electrons. The molecule has 3 nitrogen and oxygen atoms in total. The van der Waals surface area contributed by atoms with E-state index in [2.05, 4.69) is 4.99 Å².